The summed E-state index contributed by atoms with van der Waals surface area (Å²) >= 11 is 0. The average Bonchev–Trinajstić information content (AvgIpc) is 2.77. The summed E-state index contributed by atoms with van der Waals surface area (Å²) in [5.41, 5.74) is 3.03. The second kappa shape index (κ2) is 5.16. The van der Waals surface area contributed by atoms with Gasteiger partial charge in [-0.1, -0.05) is 6.92 Å². The lowest BCUT2D eigenvalue weighted by Gasteiger charge is -2.11. The lowest BCUT2D eigenvalue weighted by molar-refractivity contribution is 0.769. The summed E-state index contributed by atoms with van der Waals surface area (Å²) in [4.78, 5) is 9.12. The molecule has 0 aliphatic carbocycles. The number of hydrogen-bond donors (Lipinski definition) is 1. The zero-order valence-electron chi connectivity index (χ0n) is 11.4. The smallest absolute Gasteiger partial charge is 0.180 e. The molecule has 0 aliphatic heterocycles. The van der Waals surface area contributed by atoms with Gasteiger partial charge in [0.05, 0.1) is 0 Å². The molecular formula is C13H19N5. The van der Waals surface area contributed by atoms with Gasteiger partial charge in [-0.3, -0.25) is 4.68 Å². The molecule has 1 N–H and O–H groups in total. The summed E-state index contributed by atoms with van der Waals surface area (Å²) in [7, 11) is 1.90. The molecule has 0 saturated heterocycles. The van der Waals surface area contributed by atoms with E-state index in [1.807, 2.05) is 27.0 Å². The maximum Gasteiger partial charge on any atom is 0.180 e. The average molecular weight is 245 g/mol. The molecular weight excluding hydrogens is 226 g/mol. The minimum atomic E-state index is 0.719. The molecule has 0 bridgehead atoms. The first-order chi connectivity index (χ1) is 8.63. The predicted octanol–water partition coefficient (Wildman–Crippen LogP) is 2.32. The van der Waals surface area contributed by atoms with Gasteiger partial charge in [0.2, 0.25) is 0 Å². The van der Waals surface area contributed by atoms with Gasteiger partial charge in [0.1, 0.15) is 11.5 Å². The zero-order chi connectivity index (χ0) is 13.1. The first kappa shape index (κ1) is 12.5. The topological polar surface area (TPSA) is 55.6 Å². The van der Waals surface area contributed by atoms with E-state index in [1.165, 1.54) is 0 Å². The molecule has 0 atom stereocenters. The number of nitrogens with one attached hydrogen (secondary N) is 1. The van der Waals surface area contributed by atoms with E-state index in [1.54, 1.807) is 10.9 Å². The van der Waals surface area contributed by atoms with Gasteiger partial charge in [-0.05, 0) is 26.3 Å². The molecule has 0 aliphatic rings. The Kier molecular flexibility index (Phi) is 3.60. The first-order valence-corrected chi connectivity index (χ1v) is 6.21. The molecule has 5 nitrogen and oxygen atoms in total. The summed E-state index contributed by atoms with van der Waals surface area (Å²) in [6.07, 6.45) is 2.83. The van der Waals surface area contributed by atoms with Crippen LogP contribution >= 0.6 is 0 Å². The molecule has 0 fully saturated rings. The molecule has 2 rings (SSSR count). The Balaban J connectivity index is 2.44. The normalized spacial score (nSPS) is 10.7. The summed E-state index contributed by atoms with van der Waals surface area (Å²) in [5.74, 6) is 1.64. The highest BCUT2D eigenvalue weighted by Crippen LogP contribution is 2.20. The minimum Gasteiger partial charge on any atom is -0.370 e. The number of hydrogen-bond acceptors (Lipinski definition) is 4. The van der Waals surface area contributed by atoms with E-state index in [0.717, 1.165) is 41.6 Å². The highest BCUT2D eigenvalue weighted by Gasteiger charge is 2.11. The van der Waals surface area contributed by atoms with Crippen molar-refractivity contribution in [2.24, 2.45) is 7.05 Å². The second-order valence-corrected chi connectivity index (χ2v) is 4.37. The molecule has 0 amide bonds. The minimum absolute atomic E-state index is 0.719. The Morgan fingerprint density at radius 3 is 2.67 bits per heavy atom. The quantitative estimate of drug-likeness (QED) is 0.898. The molecule has 2 aromatic heterocycles. The largest absolute Gasteiger partial charge is 0.370 e. The Bertz CT molecular complexity index is 544. The molecule has 0 spiro atoms. The van der Waals surface area contributed by atoms with Crippen LogP contribution < -0.4 is 5.32 Å². The van der Waals surface area contributed by atoms with Crippen molar-refractivity contribution in [1.82, 2.24) is 19.7 Å². The maximum absolute atomic E-state index is 4.59. The molecule has 0 saturated carbocycles. The van der Waals surface area contributed by atoms with Gasteiger partial charge in [-0.25, -0.2) is 9.97 Å². The van der Waals surface area contributed by atoms with Crippen molar-refractivity contribution in [1.29, 1.82) is 0 Å². The van der Waals surface area contributed by atoms with E-state index in [2.05, 4.69) is 27.3 Å². The summed E-state index contributed by atoms with van der Waals surface area (Å²) in [5, 5.41) is 7.50. The zero-order valence-corrected chi connectivity index (χ0v) is 11.4. The van der Waals surface area contributed by atoms with E-state index in [4.69, 9.17) is 0 Å². The molecule has 2 heterocycles. The van der Waals surface area contributed by atoms with Crippen LogP contribution in [0.25, 0.3) is 11.5 Å². The fraction of sp³-hybridized carbons (Fsp3) is 0.462. The van der Waals surface area contributed by atoms with Gasteiger partial charge >= 0.3 is 0 Å². The fourth-order valence-corrected chi connectivity index (χ4v) is 1.75. The third-order valence-electron chi connectivity index (χ3n) is 2.98. The number of aryl methyl sites for hydroxylation is 2. The molecule has 96 valence electrons. The Morgan fingerprint density at radius 1 is 1.28 bits per heavy atom. The lowest BCUT2D eigenvalue weighted by Crippen LogP contribution is -2.08. The third kappa shape index (κ3) is 2.34. The van der Waals surface area contributed by atoms with Crippen molar-refractivity contribution in [2.45, 2.75) is 27.2 Å². The molecule has 18 heavy (non-hydrogen) atoms. The fourth-order valence-electron chi connectivity index (χ4n) is 1.75. The van der Waals surface area contributed by atoms with Crippen LogP contribution in [0.5, 0.6) is 0 Å². The van der Waals surface area contributed by atoms with Gasteiger partial charge < -0.3 is 5.32 Å². The Hall–Kier alpha value is -1.91. The van der Waals surface area contributed by atoms with Gasteiger partial charge in [0.25, 0.3) is 0 Å². The second-order valence-electron chi connectivity index (χ2n) is 4.37. The lowest BCUT2D eigenvalue weighted by atomic mass is 10.2. The van der Waals surface area contributed by atoms with Crippen LogP contribution in [0.4, 0.5) is 5.82 Å². The van der Waals surface area contributed by atoms with Gasteiger partial charge in [-0.15, -0.1) is 0 Å². The number of rotatable bonds is 4. The van der Waals surface area contributed by atoms with Crippen molar-refractivity contribution in [3.05, 3.63) is 23.5 Å². The van der Waals surface area contributed by atoms with Crippen molar-refractivity contribution in [3.8, 4) is 11.5 Å². The van der Waals surface area contributed by atoms with E-state index < -0.39 is 0 Å². The third-order valence-corrected chi connectivity index (χ3v) is 2.98. The van der Waals surface area contributed by atoms with Crippen molar-refractivity contribution < 1.29 is 0 Å². The van der Waals surface area contributed by atoms with Gasteiger partial charge in [0.15, 0.2) is 5.82 Å². The molecule has 5 heteroatoms. The molecule has 0 aromatic carbocycles. The van der Waals surface area contributed by atoms with Crippen molar-refractivity contribution >= 4 is 5.82 Å². The van der Waals surface area contributed by atoms with E-state index in [0.29, 0.717) is 0 Å². The van der Waals surface area contributed by atoms with Crippen LogP contribution in [0, 0.1) is 13.8 Å². The van der Waals surface area contributed by atoms with Gasteiger partial charge in [-0.2, -0.15) is 5.10 Å². The monoisotopic (exact) mass is 245 g/mol. The summed E-state index contributed by atoms with van der Waals surface area (Å²) < 4.78 is 1.79. The standard InChI is InChI=1S/C13H19N5/c1-5-7-14-12-9(2)10(3)16-13(17-12)11-6-8-15-18(11)4/h6,8H,5,7H2,1-4H3,(H,14,16,17). The van der Waals surface area contributed by atoms with Crippen molar-refractivity contribution in [2.75, 3.05) is 11.9 Å². The van der Waals surface area contributed by atoms with E-state index >= 15 is 0 Å². The molecule has 0 radical (unpaired) electrons. The SMILES string of the molecule is CCCNc1nc(-c2ccnn2C)nc(C)c1C. The molecule has 0 unspecified atom stereocenters. The van der Waals surface area contributed by atoms with Crippen LogP contribution in [-0.4, -0.2) is 26.3 Å². The molecule has 2 aromatic rings. The van der Waals surface area contributed by atoms with E-state index in [9.17, 15) is 0 Å². The number of aromatic nitrogens is 4. The Morgan fingerprint density at radius 2 is 2.06 bits per heavy atom. The number of nitrogens with zero attached hydrogens (tertiary/aromatic N) is 4. The van der Waals surface area contributed by atoms with Crippen LogP contribution in [0.2, 0.25) is 0 Å². The van der Waals surface area contributed by atoms with E-state index in [-0.39, 0.29) is 0 Å². The van der Waals surface area contributed by atoms with Crippen molar-refractivity contribution in [3.63, 3.8) is 0 Å². The Labute approximate surface area is 107 Å². The summed E-state index contributed by atoms with van der Waals surface area (Å²) in [6, 6.07) is 1.92. The maximum atomic E-state index is 4.59. The van der Waals surface area contributed by atoms with Gasteiger partial charge in [0, 0.05) is 31.0 Å². The highest BCUT2D eigenvalue weighted by atomic mass is 15.3. The predicted molar refractivity (Wildman–Crippen MR) is 72.5 cm³/mol. The summed E-state index contributed by atoms with van der Waals surface area (Å²) in [6.45, 7) is 7.11. The van der Waals surface area contributed by atoms with Crippen LogP contribution in [0.15, 0.2) is 12.3 Å². The number of anilines is 1. The first-order valence-electron chi connectivity index (χ1n) is 6.21. The highest BCUT2D eigenvalue weighted by molar-refractivity contribution is 5.56. The van der Waals surface area contributed by atoms with Crippen LogP contribution in [0.3, 0.4) is 0 Å². The van der Waals surface area contributed by atoms with Crippen LogP contribution in [-0.2, 0) is 7.05 Å². The van der Waals surface area contributed by atoms with Crippen LogP contribution in [0.1, 0.15) is 24.6 Å².